The average Bonchev–Trinajstić information content (AvgIpc) is 2.71. The van der Waals surface area contributed by atoms with Gasteiger partial charge in [-0.1, -0.05) is 19.1 Å². The number of benzene rings is 1. The Kier molecular flexibility index (Phi) is 12.9. The summed E-state index contributed by atoms with van der Waals surface area (Å²) < 4.78 is 0. The Morgan fingerprint density at radius 3 is 2.34 bits per heavy atom. The molecule has 7 heteroatoms. The van der Waals surface area contributed by atoms with E-state index < -0.39 is 0 Å². The molecule has 0 saturated carbocycles. The maximum absolute atomic E-state index is 11.8. The van der Waals surface area contributed by atoms with Gasteiger partial charge >= 0.3 is 0 Å². The summed E-state index contributed by atoms with van der Waals surface area (Å²) in [7, 11) is 0. The van der Waals surface area contributed by atoms with Crippen LogP contribution < -0.4 is 16.0 Å². The van der Waals surface area contributed by atoms with E-state index in [4.69, 9.17) is 0 Å². The summed E-state index contributed by atoms with van der Waals surface area (Å²) in [6, 6.07) is 7.65. The first-order chi connectivity index (χ1) is 13.6. The van der Waals surface area contributed by atoms with E-state index in [1.165, 1.54) is 25.9 Å². The number of hydrogen-bond donors (Lipinski definition) is 3. The largest absolute Gasteiger partial charge is 0.357 e. The van der Waals surface area contributed by atoms with E-state index in [9.17, 15) is 4.79 Å². The lowest BCUT2D eigenvalue weighted by molar-refractivity contribution is 0.0956. The number of aliphatic imine (C=N–C) groups is 1. The number of guanidine groups is 1. The molecule has 0 bridgehead atoms. The maximum Gasteiger partial charge on any atom is 0.251 e. The van der Waals surface area contributed by atoms with Crippen LogP contribution in [0.3, 0.4) is 0 Å². The van der Waals surface area contributed by atoms with Crippen LogP contribution in [0.5, 0.6) is 0 Å². The van der Waals surface area contributed by atoms with Crippen molar-refractivity contribution in [1.29, 1.82) is 0 Å². The molecule has 3 N–H and O–H groups in total. The van der Waals surface area contributed by atoms with Gasteiger partial charge in [0, 0.05) is 25.2 Å². The molecule has 2 rings (SSSR count). The van der Waals surface area contributed by atoms with E-state index in [0.29, 0.717) is 18.7 Å². The minimum absolute atomic E-state index is 0. The van der Waals surface area contributed by atoms with Crippen molar-refractivity contribution >= 4 is 35.8 Å². The zero-order valence-corrected chi connectivity index (χ0v) is 20.5. The number of piperidine rings is 1. The maximum atomic E-state index is 11.8. The molecule has 1 fully saturated rings. The molecule has 1 saturated heterocycles. The summed E-state index contributed by atoms with van der Waals surface area (Å²) in [6.07, 6.45) is 3.78. The van der Waals surface area contributed by atoms with E-state index in [2.05, 4.69) is 39.7 Å². The van der Waals surface area contributed by atoms with Crippen LogP contribution in [0.1, 0.15) is 56.0 Å². The topological polar surface area (TPSA) is 68.8 Å². The van der Waals surface area contributed by atoms with Crippen molar-refractivity contribution in [3.05, 3.63) is 35.4 Å². The van der Waals surface area contributed by atoms with Crippen molar-refractivity contribution in [2.24, 2.45) is 10.9 Å². The van der Waals surface area contributed by atoms with Gasteiger partial charge in [0.05, 0.1) is 6.54 Å². The average molecular weight is 515 g/mol. The van der Waals surface area contributed by atoms with Crippen molar-refractivity contribution in [3.63, 3.8) is 0 Å². The lowest BCUT2D eigenvalue weighted by Crippen LogP contribution is -2.39. The SMILES string of the molecule is CCNC(=O)c1ccc(CN=C(NCC)NCCCN2CCC(C)CC2)cc1.I. The van der Waals surface area contributed by atoms with Crippen molar-refractivity contribution < 1.29 is 4.79 Å². The Morgan fingerprint density at radius 2 is 1.72 bits per heavy atom. The first-order valence-electron chi connectivity index (χ1n) is 10.7. The van der Waals surface area contributed by atoms with Crippen molar-refractivity contribution in [2.45, 2.75) is 46.6 Å². The summed E-state index contributed by atoms with van der Waals surface area (Å²) >= 11 is 0. The van der Waals surface area contributed by atoms with Gasteiger partial charge in [-0.3, -0.25) is 4.79 Å². The molecule has 1 aromatic rings. The number of nitrogens with zero attached hydrogens (tertiary/aromatic N) is 2. The fraction of sp³-hybridized carbons (Fsp3) is 0.636. The highest BCUT2D eigenvalue weighted by Crippen LogP contribution is 2.15. The third kappa shape index (κ3) is 9.80. The molecule has 164 valence electrons. The number of hydrogen-bond acceptors (Lipinski definition) is 3. The van der Waals surface area contributed by atoms with Gasteiger partial charge in [-0.25, -0.2) is 4.99 Å². The van der Waals surface area contributed by atoms with E-state index >= 15 is 0 Å². The van der Waals surface area contributed by atoms with Gasteiger partial charge in [0.25, 0.3) is 5.91 Å². The summed E-state index contributed by atoms with van der Waals surface area (Å²) in [4.78, 5) is 19.1. The number of amides is 1. The number of carbonyl (C=O) groups excluding carboxylic acids is 1. The fourth-order valence-corrected chi connectivity index (χ4v) is 3.33. The second-order valence-electron chi connectivity index (χ2n) is 7.56. The lowest BCUT2D eigenvalue weighted by Gasteiger charge is -2.30. The van der Waals surface area contributed by atoms with Crippen LogP contribution in [0.2, 0.25) is 0 Å². The summed E-state index contributed by atoms with van der Waals surface area (Å²) in [5.41, 5.74) is 1.78. The fourth-order valence-electron chi connectivity index (χ4n) is 3.33. The second kappa shape index (κ2) is 14.6. The van der Waals surface area contributed by atoms with Crippen LogP contribution in [0.25, 0.3) is 0 Å². The minimum Gasteiger partial charge on any atom is -0.357 e. The van der Waals surface area contributed by atoms with E-state index in [0.717, 1.165) is 43.5 Å². The zero-order chi connectivity index (χ0) is 20.2. The smallest absolute Gasteiger partial charge is 0.251 e. The van der Waals surface area contributed by atoms with Gasteiger partial charge in [-0.2, -0.15) is 0 Å². The summed E-state index contributed by atoms with van der Waals surface area (Å²) in [5, 5.41) is 9.55. The molecule has 0 aromatic heterocycles. The highest BCUT2D eigenvalue weighted by Gasteiger charge is 2.14. The Labute approximate surface area is 193 Å². The molecule has 0 radical (unpaired) electrons. The number of halogens is 1. The van der Waals surface area contributed by atoms with Gasteiger partial charge in [0.15, 0.2) is 5.96 Å². The van der Waals surface area contributed by atoms with Crippen LogP contribution >= 0.6 is 24.0 Å². The predicted molar refractivity (Wildman–Crippen MR) is 132 cm³/mol. The molecular weight excluding hydrogens is 477 g/mol. The predicted octanol–water partition coefficient (Wildman–Crippen LogP) is 3.23. The van der Waals surface area contributed by atoms with Gasteiger partial charge in [-0.15, -0.1) is 24.0 Å². The molecule has 0 atom stereocenters. The number of nitrogens with one attached hydrogen (secondary N) is 3. The Morgan fingerprint density at radius 1 is 1.07 bits per heavy atom. The lowest BCUT2D eigenvalue weighted by atomic mass is 9.99. The zero-order valence-electron chi connectivity index (χ0n) is 18.2. The molecule has 29 heavy (non-hydrogen) atoms. The standard InChI is InChI=1S/C22H37N5O.HI/c1-4-23-21(28)20-9-7-19(8-10-20)17-26-22(24-5-2)25-13-6-14-27-15-11-18(3)12-16-27;/h7-10,18H,4-6,11-17H2,1-3H3,(H,23,28)(H2,24,25,26);1H. The van der Waals surface area contributed by atoms with Gasteiger partial charge < -0.3 is 20.9 Å². The van der Waals surface area contributed by atoms with Crippen LogP contribution in [0.15, 0.2) is 29.3 Å². The quantitative estimate of drug-likeness (QED) is 0.205. The van der Waals surface area contributed by atoms with Gasteiger partial charge in [-0.05, 0) is 76.4 Å². The van der Waals surface area contributed by atoms with E-state index in [1.807, 2.05) is 31.2 Å². The third-order valence-corrected chi connectivity index (χ3v) is 5.14. The van der Waals surface area contributed by atoms with Crippen molar-refractivity contribution in [1.82, 2.24) is 20.9 Å². The van der Waals surface area contributed by atoms with Crippen molar-refractivity contribution in [3.8, 4) is 0 Å². The van der Waals surface area contributed by atoms with Crippen LogP contribution in [0.4, 0.5) is 0 Å². The summed E-state index contributed by atoms with van der Waals surface area (Å²) in [5.74, 6) is 1.70. The normalized spacial score (nSPS) is 15.5. The third-order valence-electron chi connectivity index (χ3n) is 5.14. The molecule has 1 aromatic carbocycles. The number of carbonyl (C=O) groups is 1. The molecule has 0 spiro atoms. The molecule has 1 aliphatic rings. The monoisotopic (exact) mass is 515 g/mol. The summed E-state index contributed by atoms with van der Waals surface area (Å²) in [6.45, 7) is 13.0. The number of likely N-dealkylation sites (tertiary alicyclic amines) is 1. The molecule has 6 nitrogen and oxygen atoms in total. The minimum atomic E-state index is -0.0317. The molecule has 0 aliphatic carbocycles. The highest BCUT2D eigenvalue weighted by molar-refractivity contribution is 14.0. The van der Waals surface area contributed by atoms with Crippen molar-refractivity contribution in [2.75, 3.05) is 39.3 Å². The van der Waals surface area contributed by atoms with Crippen LogP contribution in [0, 0.1) is 5.92 Å². The molecule has 1 heterocycles. The highest BCUT2D eigenvalue weighted by atomic mass is 127. The first kappa shape index (κ1) is 25.7. The van der Waals surface area contributed by atoms with E-state index in [1.54, 1.807) is 0 Å². The van der Waals surface area contributed by atoms with E-state index in [-0.39, 0.29) is 29.9 Å². The van der Waals surface area contributed by atoms with Gasteiger partial charge in [0.1, 0.15) is 0 Å². The molecular formula is C22H38IN5O. The van der Waals surface area contributed by atoms with Crippen LogP contribution in [-0.4, -0.2) is 56.0 Å². The molecule has 0 unspecified atom stereocenters. The molecule has 1 amide bonds. The Hall–Kier alpha value is -1.35. The van der Waals surface area contributed by atoms with Gasteiger partial charge in [0.2, 0.25) is 0 Å². The van der Waals surface area contributed by atoms with Crippen LogP contribution in [-0.2, 0) is 6.54 Å². The second-order valence-corrected chi connectivity index (χ2v) is 7.56. The Balaban J connectivity index is 0.00000420. The molecule has 1 aliphatic heterocycles. The first-order valence-corrected chi connectivity index (χ1v) is 10.7. The Bertz CT molecular complexity index is 612. The number of rotatable bonds is 9.